The minimum atomic E-state index is 0. The standard InChI is InChI=1S/C23H32ClNO2.ClH/c1-22(2,3)16-23(4,5)25-14-18-8-7-9-20(26-6)21(18)27-15-17-10-12-19(24)13-11-17;/h7-13,25H,14-16H2,1-6H3;1H. The molecule has 0 fully saturated rings. The molecular formula is C23H33Cl2NO2. The maximum absolute atomic E-state index is 6.14. The fraction of sp³-hybridized carbons (Fsp3) is 0.478. The van der Waals surface area contributed by atoms with E-state index >= 15 is 0 Å². The van der Waals surface area contributed by atoms with Crippen molar-refractivity contribution in [3.05, 3.63) is 58.6 Å². The Balaban J connectivity index is 0.00000392. The van der Waals surface area contributed by atoms with E-state index in [0.29, 0.717) is 6.61 Å². The number of nitrogens with one attached hydrogen (secondary N) is 1. The first-order valence-electron chi connectivity index (χ1n) is 9.38. The highest BCUT2D eigenvalue weighted by molar-refractivity contribution is 6.30. The number of para-hydroxylation sites is 1. The SMILES string of the molecule is COc1cccc(CNC(C)(C)CC(C)(C)C)c1OCc1ccc(Cl)cc1.Cl. The monoisotopic (exact) mass is 425 g/mol. The van der Waals surface area contributed by atoms with Crippen molar-refractivity contribution >= 4 is 24.0 Å². The summed E-state index contributed by atoms with van der Waals surface area (Å²) in [7, 11) is 1.67. The van der Waals surface area contributed by atoms with Crippen molar-refractivity contribution in [3.63, 3.8) is 0 Å². The first-order chi connectivity index (χ1) is 12.6. The molecule has 0 heterocycles. The second kappa shape index (κ2) is 10.4. The molecule has 0 amide bonds. The molecule has 0 atom stereocenters. The molecule has 0 saturated carbocycles. The van der Waals surface area contributed by atoms with E-state index < -0.39 is 0 Å². The summed E-state index contributed by atoms with van der Waals surface area (Å²) in [5, 5.41) is 4.40. The van der Waals surface area contributed by atoms with E-state index in [9.17, 15) is 0 Å². The maximum atomic E-state index is 6.14. The minimum Gasteiger partial charge on any atom is -0.493 e. The van der Waals surface area contributed by atoms with Crippen molar-refractivity contribution in [1.82, 2.24) is 5.32 Å². The van der Waals surface area contributed by atoms with Crippen LogP contribution in [-0.4, -0.2) is 12.6 Å². The van der Waals surface area contributed by atoms with Crippen molar-refractivity contribution in [3.8, 4) is 11.5 Å². The molecular weight excluding hydrogens is 393 g/mol. The van der Waals surface area contributed by atoms with Gasteiger partial charge in [0.2, 0.25) is 0 Å². The molecule has 3 nitrogen and oxygen atoms in total. The summed E-state index contributed by atoms with van der Waals surface area (Å²) < 4.78 is 11.7. The van der Waals surface area contributed by atoms with Crippen molar-refractivity contribution in [1.29, 1.82) is 0 Å². The van der Waals surface area contributed by atoms with Gasteiger partial charge in [0.1, 0.15) is 6.61 Å². The Morgan fingerprint density at radius 3 is 2.18 bits per heavy atom. The lowest BCUT2D eigenvalue weighted by molar-refractivity contribution is 0.237. The van der Waals surface area contributed by atoms with Crippen LogP contribution in [0.3, 0.4) is 0 Å². The van der Waals surface area contributed by atoms with Crippen LogP contribution in [-0.2, 0) is 13.2 Å². The molecule has 0 aliphatic carbocycles. The van der Waals surface area contributed by atoms with E-state index in [2.05, 4.69) is 46.0 Å². The molecule has 1 N–H and O–H groups in total. The molecule has 28 heavy (non-hydrogen) atoms. The molecule has 0 aliphatic rings. The van der Waals surface area contributed by atoms with Crippen molar-refractivity contribution in [2.24, 2.45) is 5.41 Å². The number of ether oxygens (including phenoxy) is 2. The van der Waals surface area contributed by atoms with E-state index in [1.54, 1.807) is 7.11 Å². The van der Waals surface area contributed by atoms with Crippen LogP contribution in [0.15, 0.2) is 42.5 Å². The molecule has 2 rings (SSSR count). The fourth-order valence-electron chi connectivity index (χ4n) is 3.48. The van der Waals surface area contributed by atoms with Gasteiger partial charge in [-0.05, 0) is 49.4 Å². The summed E-state index contributed by atoms with van der Waals surface area (Å²) in [6, 6.07) is 13.7. The Morgan fingerprint density at radius 2 is 1.61 bits per heavy atom. The molecule has 0 spiro atoms. The zero-order valence-electron chi connectivity index (χ0n) is 17.8. The molecule has 0 aliphatic heterocycles. The van der Waals surface area contributed by atoms with Gasteiger partial charge in [-0.1, -0.05) is 56.6 Å². The Hall–Kier alpha value is -1.42. The smallest absolute Gasteiger partial charge is 0.166 e. The predicted molar refractivity (Wildman–Crippen MR) is 121 cm³/mol. The third-order valence-corrected chi connectivity index (χ3v) is 4.56. The summed E-state index contributed by atoms with van der Waals surface area (Å²) >= 11 is 5.96. The number of methoxy groups -OCH3 is 1. The van der Waals surface area contributed by atoms with Gasteiger partial charge < -0.3 is 14.8 Å². The lowest BCUT2D eigenvalue weighted by atomic mass is 9.82. The summed E-state index contributed by atoms with van der Waals surface area (Å²) in [5.74, 6) is 1.53. The Morgan fingerprint density at radius 1 is 0.964 bits per heavy atom. The fourth-order valence-corrected chi connectivity index (χ4v) is 3.61. The van der Waals surface area contributed by atoms with Crippen LogP contribution in [0.25, 0.3) is 0 Å². The minimum absolute atomic E-state index is 0. The third-order valence-electron chi connectivity index (χ3n) is 4.31. The van der Waals surface area contributed by atoms with Gasteiger partial charge in [-0.25, -0.2) is 0 Å². The highest BCUT2D eigenvalue weighted by Crippen LogP contribution is 2.33. The van der Waals surface area contributed by atoms with Crippen LogP contribution < -0.4 is 14.8 Å². The Bertz CT molecular complexity index is 737. The molecule has 0 radical (unpaired) electrons. The van der Waals surface area contributed by atoms with Gasteiger partial charge in [0.15, 0.2) is 11.5 Å². The van der Waals surface area contributed by atoms with Crippen LogP contribution >= 0.6 is 24.0 Å². The van der Waals surface area contributed by atoms with Gasteiger partial charge >= 0.3 is 0 Å². The normalized spacial score (nSPS) is 11.7. The van der Waals surface area contributed by atoms with E-state index in [1.165, 1.54) is 0 Å². The largest absolute Gasteiger partial charge is 0.493 e. The molecule has 0 bridgehead atoms. The zero-order valence-corrected chi connectivity index (χ0v) is 19.3. The molecule has 0 unspecified atom stereocenters. The van der Waals surface area contributed by atoms with Crippen molar-refractivity contribution in [2.45, 2.75) is 59.7 Å². The topological polar surface area (TPSA) is 30.5 Å². The van der Waals surface area contributed by atoms with Gasteiger partial charge in [0, 0.05) is 22.7 Å². The van der Waals surface area contributed by atoms with Gasteiger partial charge in [0.05, 0.1) is 7.11 Å². The Labute approximate surface area is 181 Å². The highest BCUT2D eigenvalue weighted by Gasteiger charge is 2.25. The molecule has 2 aromatic carbocycles. The zero-order chi connectivity index (χ0) is 20.1. The molecule has 0 saturated heterocycles. The van der Waals surface area contributed by atoms with E-state index in [4.69, 9.17) is 21.1 Å². The van der Waals surface area contributed by atoms with Crippen molar-refractivity contribution in [2.75, 3.05) is 7.11 Å². The second-order valence-corrected chi connectivity index (χ2v) is 9.27. The number of rotatable bonds is 8. The molecule has 0 aromatic heterocycles. The Kier molecular flexibility index (Phi) is 9.13. The second-order valence-electron chi connectivity index (χ2n) is 8.84. The van der Waals surface area contributed by atoms with Crippen LogP contribution in [0.1, 0.15) is 52.2 Å². The van der Waals surface area contributed by atoms with Crippen LogP contribution in [0.4, 0.5) is 0 Å². The molecule has 156 valence electrons. The number of hydrogen-bond donors (Lipinski definition) is 1. The van der Waals surface area contributed by atoms with E-state index in [1.807, 2.05) is 36.4 Å². The first-order valence-corrected chi connectivity index (χ1v) is 9.76. The average Bonchev–Trinajstić information content (AvgIpc) is 2.57. The van der Waals surface area contributed by atoms with Crippen molar-refractivity contribution < 1.29 is 9.47 Å². The summed E-state index contributed by atoms with van der Waals surface area (Å²) in [4.78, 5) is 0. The summed E-state index contributed by atoms with van der Waals surface area (Å²) in [5.41, 5.74) is 2.44. The van der Waals surface area contributed by atoms with Gasteiger partial charge in [-0.15, -0.1) is 12.4 Å². The molecule has 5 heteroatoms. The van der Waals surface area contributed by atoms with Crippen LogP contribution in [0.2, 0.25) is 5.02 Å². The number of halogens is 2. The average molecular weight is 426 g/mol. The molecule has 2 aromatic rings. The lowest BCUT2D eigenvalue weighted by Crippen LogP contribution is -2.41. The predicted octanol–water partition coefficient (Wildman–Crippen LogP) is 6.65. The van der Waals surface area contributed by atoms with Gasteiger partial charge in [0.25, 0.3) is 0 Å². The number of hydrogen-bond acceptors (Lipinski definition) is 3. The summed E-state index contributed by atoms with van der Waals surface area (Å²) in [6.45, 7) is 12.5. The highest BCUT2D eigenvalue weighted by atomic mass is 35.5. The van der Waals surface area contributed by atoms with Crippen LogP contribution in [0.5, 0.6) is 11.5 Å². The quantitative estimate of drug-likeness (QED) is 0.512. The van der Waals surface area contributed by atoms with E-state index in [0.717, 1.165) is 40.6 Å². The van der Waals surface area contributed by atoms with Gasteiger partial charge in [-0.3, -0.25) is 0 Å². The summed E-state index contributed by atoms with van der Waals surface area (Å²) in [6.07, 6.45) is 1.07. The third kappa shape index (κ3) is 7.90. The lowest BCUT2D eigenvalue weighted by Gasteiger charge is -2.33. The van der Waals surface area contributed by atoms with Crippen LogP contribution in [0, 0.1) is 5.41 Å². The first kappa shape index (κ1) is 24.6. The number of benzene rings is 2. The van der Waals surface area contributed by atoms with E-state index in [-0.39, 0.29) is 23.4 Å². The van der Waals surface area contributed by atoms with Gasteiger partial charge in [-0.2, -0.15) is 0 Å². The maximum Gasteiger partial charge on any atom is 0.166 e.